The lowest BCUT2D eigenvalue weighted by Crippen LogP contribution is -2.35. The lowest BCUT2D eigenvalue weighted by molar-refractivity contribution is 0.220. The second kappa shape index (κ2) is 8.77. The highest BCUT2D eigenvalue weighted by atomic mass is 32.1. The molecular weight excluding hydrogens is 402 g/mol. The van der Waals surface area contributed by atoms with Crippen molar-refractivity contribution in [3.63, 3.8) is 0 Å². The number of aryl methyl sites for hydroxylation is 1. The summed E-state index contributed by atoms with van der Waals surface area (Å²) in [5.74, 6) is 0.770. The van der Waals surface area contributed by atoms with E-state index in [2.05, 4.69) is 53.4 Å². The smallest absolute Gasteiger partial charge is 0.271 e. The molecule has 1 fully saturated rings. The molecule has 0 bridgehead atoms. The molecule has 0 spiro atoms. The zero-order chi connectivity index (χ0) is 21.2. The average Bonchev–Trinajstić information content (AvgIpc) is 3.20. The molecule has 0 saturated carbocycles. The number of hydrogen-bond acceptors (Lipinski definition) is 4. The summed E-state index contributed by atoms with van der Waals surface area (Å²) in [7, 11) is 0. The molecular formula is C26H27N3OS. The van der Waals surface area contributed by atoms with E-state index in [-0.39, 0.29) is 5.56 Å². The molecule has 4 nitrogen and oxygen atoms in total. The molecule has 0 unspecified atom stereocenters. The minimum Gasteiger partial charge on any atom is -0.302 e. The van der Waals surface area contributed by atoms with E-state index in [1.54, 1.807) is 11.3 Å². The van der Waals surface area contributed by atoms with Crippen LogP contribution in [0, 0.1) is 6.92 Å². The molecule has 0 atom stereocenters. The fourth-order valence-electron chi connectivity index (χ4n) is 4.42. The van der Waals surface area contributed by atoms with Gasteiger partial charge in [0.25, 0.3) is 5.56 Å². The van der Waals surface area contributed by atoms with Crippen LogP contribution in [0.25, 0.3) is 32.7 Å². The van der Waals surface area contributed by atoms with Crippen LogP contribution in [0.4, 0.5) is 0 Å². The molecule has 4 aromatic rings. The first-order valence-corrected chi connectivity index (χ1v) is 11.9. The summed E-state index contributed by atoms with van der Waals surface area (Å²) in [6, 6.07) is 20.8. The maximum Gasteiger partial charge on any atom is 0.271 e. The summed E-state index contributed by atoms with van der Waals surface area (Å²) in [5, 5.41) is 0. The summed E-state index contributed by atoms with van der Waals surface area (Å²) in [6.07, 6.45) is 3.83. The van der Waals surface area contributed by atoms with Gasteiger partial charge in [0.15, 0.2) is 0 Å². The zero-order valence-corrected chi connectivity index (χ0v) is 18.7. The van der Waals surface area contributed by atoms with Crippen molar-refractivity contribution in [2.75, 3.05) is 19.6 Å². The van der Waals surface area contributed by atoms with E-state index in [0.29, 0.717) is 6.54 Å². The number of thiophene rings is 1. The van der Waals surface area contributed by atoms with Gasteiger partial charge in [-0.15, -0.1) is 11.3 Å². The van der Waals surface area contributed by atoms with Crippen LogP contribution in [-0.4, -0.2) is 34.1 Å². The van der Waals surface area contributed by atoms with Gasteiger partial charge in [-0.3, -0.25) is 9.36 Å². The second-order valence-electron chi connectivity index (χ2n) is 8.31. The Morgan fingerprint density at radius 3 is 2.29 bits per heavy atom. The van der Waals surface area contributed by atoms with Gasteiger partial charge >= 0.3 is 0 Å². The molecule has 1 aliphatic rings. The van der Waals surface area contributed by atoms with Crippen molar-refractivity contribution in [1.29, 1.82) is 0 Å². The van der Waals surface area contributed by atoms with Gasteiger partial charge in [-0.2, -0.15) is 0 Å². The maximum absolute atomic E-state index is 13.4. The Bertz CT molecular complexity index is 1240. The number of fused-ring (bicyclic) bond motifs is 1. The van der Waals surface area contributed by atoms with Gasteiger partial charge in [-0.25, -0.2) is 4.98 Å². The van der Waals surface area contributed by atoms with Crippen LogP contribution in [0.5, 0.6) is 0 Å². The topological polar surface area (TPSA) is 38.1 Å². The predicted octanol–water partition coefficient (Wildman–Crippen LogP) is 5.59. The largest absolute Gasteiger partial charge is 0.302 e. The molecule has 2 aromatic carbocycles. The van der Waals surface area contributed by atoms with Gasteiger partial charge in [0.1, 0.15) is 10.5 Å². The van der Waals surface area contributed by atoms with Crippen molar-refractivity contribution in [1.82, 2.24) is 14.5 Å². The van der Waals surface area contributed by atoms with Crippen LogP contribution in [0.15, 0.2) is 65.5 Å². The quantitative estimate of drug-likeness (QED) is 0.415. The van der Waals surface area contributed by atoms with Gasteiger partial charge in [0.05, 0.1) is 5.52 Å². The Morgan fingerprint density at radius 2 is 1.55 bits per heavy atom. The van der Waals surface area contributed by atoms with E-state index in [1.165, 1.54) is 30.4 Å². The highest BCUT2D eigenvalue weighted by molar-refractivity contribution is 7.18. The standard InChI is InChI=1S/C26H27N3OS/c1-19-18-23-24(31-19)26(30)29(17-16-28-14-6-3-7-15-28)25(27-23)22-12-10-21(11-13-22)20-8-4-2-5-9-20/h2,4-5,8-13,18H,3,6-7,14-17H2,1H3. The highest BCUT2D eigenvalue weighted by Crippen LogP contribution is 2.27. The van der Waals surface area contributed by atoms with Gasteiger partial charge in [-0.1, -0.05) is 61.0 Å². The highest BCUT2D eigenvalue weighted by Gasteiger charge is 2.17. The van der Waals surface area contributed by atoms with E-state index in [9.17, 15) is 4.79 Å². The molecule has 2 aromatic heterocycles. The maximum atomic E-state index is 13.4. The van der Waals surface area contributed by atoms with Crippen LogP contribution < -0.4 is 5.56 Å². The lowest BCUT2D eigenvalue weighted by atomic mass is 10.0. The van der Waals surface area contributed by atoms with Crippen molar-refractivity contribution >= 4 is 21.6 Å². The molecule has 5 rings (SSSR count). The summed E-state index contributed by atoms with van der Waals surface area (Å²) in [4.78, 5) is 22.0. The first-order valence-electron chi connectivity index (χ1n) is 11.1. The first kappa shape index (κ1) is 20.2. The molecule has 0 amide bonds. The second-order valence-corrected chi connectivity index (χ2v) is 9.57. The Balaban J connectivity index is 1.53. The molecule has 0 N–H and O–H groups in total. The fraction of sp³-hybridized carbons (Fsp3) is 0.308. The van der Waals surface area contributed by atoms with Crippen LogP contribution in [0.1, 0.15) is 24.1 Å². The third kappa shape index (κ3) is 4.21. The number of likely N-dealkylation sites (tertiary alicyclic amines) is 1. The zero-order valence-electron chi connectivity index (χ0n) is 17.9. The summed E-state index contributed by atoms with van der Waals surface area (Å²) in [5.41, 5.74) is 4.24. The third-order valence-electron chi connectivity index (χ3n) is 6.10. The van der Waals surface area contributed by atoms with Crippen molar-refractivity contribution in [3.05, 3.63) is 75.9 Å². The monoisotopic (exact) mass is 429 g/mol. The SMILES string of the molecule is Cc1cc2nc(-c3ccc(-c4ccccc4)cc3)n(CCN3CCCCC3)c(=O)c2s1. The lowest BCUT2D eigenvalue weighted by Gasteiger charge is -2.27. The molecule has 1 saturated heterocycles. The van der Waals surface area contributed by atoms with E-state index in [4.69, 9.17) is 4.98 Å². The summed E-state index contributed by atoms with van der Waals surface area (Å²) >= 11 is 1.55. The molecule has 158 valence electrons. The van der Waals surface area contributed by atoms with Crippen LogP contribution in [0.2, 0.25) is 0 Å². The predicted molar refractivity (Wildman–Crippen MR) is 130 cm³/mol. The number of rotatable bonds is 5. The number of benzene rings is 2. The summed E-state index contributed by atoms with van der Waals surface area (Å²) in [6.45, 7) is 5.87. The minimum absolute atomic E-state index is 0.0854. The Kier molecular flexibility index (Phi) is 5.70. The number of hydrogen-bond donors (Lipinski definition) is 0. The molecule has 5 heteroatoms. The van der Waals surface area contributed by atoms with Crippen molar-refractivity contribution in [2.24, 2.45) is 0 Å². The normalized spacial score (nSPS) is 14.9. The molecule has 0 radical (unpaired) electrons. The third-order valence-corrected chi connectivity index (χ3v) is 7.12. The molecule has 0 aliphatic carbocycles. The van der Waals surface area contributed by atoms with Gasteiger partial charge in [0.2, 0.25) is 0 Å². The Labute approximate surface area is 186 Å². The van der Waals surface area contributed by atoms with E-state index >= 15 is 0 Å². The van der Waals surface area contributed by atoms with Gasteiger partial charge in [0, 0.05) is 23.5 Å². The van der Waals surface area contributed by atoms with Gasteiger partial charge in [-0.05, 0) is 50.0 Å². The first-order chi connectivity index (χ1) is 15.2. The van der Waals surface area contributed by atoms with Crippen LogP contribution >= 0.6 is 11.3 Å². The number of aromatic nitrogens is 2. The van der Waals surface area contributed by atoms with Crippen LogP contribution in [0.3, 0.4) is 0 Å². The molecule has 31 heavy (non-hydrogen) atoms. The Morgan fingerprint density at radius 1 is 0.871 bits per heavy atom. The van der Waals surface area contributed by atoms with Crippen molar-refractivity contribution < 1.29 is 0 Å². The number of nitrogens with zero attached hydrogens (tertiary/aromatic N) is 3. The fourth-order valence-corrected chi connectivity index (χ4v) is 5.32. The van der Waals surface area contributed by atoms with E-state index in [1.807, 2.05) is 23.6 Å². The van der Waals surface area contributed by atoms with E-state index < -0.39 is 0 Å². The van der Waals surface area contributed by atoms with Crippen LogP contribution in [-0.2, 0) is 6.54 Å². The average molecular weight is 430 g/mol. The van der Waals surface area contributed by atoms with Crippen molar-refractivity contribution in [3.8, 4) is 22.5 Å². The minimum atomic E-state index is 0.0854. The molecule has 3 heterocycles. The summed E-state index contributed by atoms with van der Waals surface area (Å²) < 4.78 is 2.66. The van der Waals surface area contributed by atoms with Crippen molar-refractivity contribution in [2.45, 2.75) is 32.7 Å². The molecule has 1 aliphatic heterocycles. The van der Waals surface area contributed by atoms with E-state index in [0.717, 1.165) is 46.1 Å². The Hall–Kier alpha value is -2.76. The van der Waals surface area contributed by atoms with Gasteiger partial charge < -0.3 is 4.90 Å². The number of piperidine rings is 1.